The number of ether oxygens (including phenoxy) is 2. The molecule has 1 aliphatic rings. The van der Waals surface area contributed by atoms with Crippen molar-refractivity contribution >= 4 is 0 Å². The molecule has 5 nitrogen and oxygen atoms in total. The first-order valence-electron chi connectivity index (χ1n) is 8.36. The third kappa shape index (κ3) is 3.19. The van der Waals surface area contributed by atoms with Crippen molar-refractivity contribution in [2.45, 2.75) is 37.8 Å². The molecular weight excluding hydrogens is 302 g/mol. The van der Waals surface area contributed by atoms with Crippen LogP contribution < -0.4 is 10.1 Å². The molecule has 0 bridgehead atoms. The minimum absolute atomic E-state index is 0.119. The molecule has 1 aromatic heterocycles. The molecule has 0 saturated heterocycles. The van der Waals surface area contributed by atoms with Gasteiger partial charge >= 0.3 is 0 Å². The van der Waals surface area contributed by atoms with E-state index in [1.54, 1.807) is 14.2 Å². The number of benzene rings is 1. The Morgan fingerprint density at radius 3 is 2.79 bits per heavy atom. The average molecular weight is 329 g/mol. The summed E-state index contributed by atoms with van der Waals surface area (Å²) >= 11 is 0. The predicted octanol–water partition coefficient (Wildman–Crippen LogP) is 3.13. The van der Waals surface area contributed by atoms with Gasteiger partial charge in [-0.2, -0.15) is 5.10 Å². The predicted molar refractivity (Wildman–Crippen MR) is 94.3 cm³/mol. The topological polar surface area (TPSA) is 48.3 Å². The molecule has 0 radical (unpaired) electrons. The third-order valence-electron chi connectivity index (χ3n) is 4.94. The Kier molecular flexibility index (Phi) is 4.65. The maximum absolute atomic E-state index is 5.43. The van der Waals surface area contributed by atoms with Gasteiger partial charge in [-0.15, -0.1) is 0 Å². The summed E-state index contributed by atoms with van der Waals surface area (Å²) in [5.41, 5.74) is 3.99. The molecule has 3 rings (SSSR count). The van der Waals surface area contributed by atoms with Crippen molar-refractivity contribution in [1.29, 1.82) is 0 Å². The van der Waals surface area contributed by atoms with E-state index in [1.807, 2.05) is 30.2 Å². The van der Waals surface area contributed by atoms with Crippen molar-refractivity contribution < 1.29 is 9.47 Å². The fraction of sp³-hybridized carbons (Fsp3) is 0.526. The van der Waals surface area contributed by atoms with Crippen LogP contribution in [0.4, 0.5) is 0 Å². The highest BCUT2D eigenvalue weighted by Crippen LogP contribution is 2.46. The molecule has 2 unspecified atom stereocenters. The fourth-order valence-corrected chi connectivity index (χ4v) is 3.70. The number of fused-ring (bicyclic) bond motifs is 1. The van der Waals surface area contributed by atoms with Crippen LogP contribution in [0.3, 0.4) is 0 Å². The summed E-state index contributed by atoms with van der Waals surface area (Å²) in [7, 11) is 5.40. The summed E-state index contributed by atoms with van der Waals surface area (Å²) in [6, 6.07) is 6.82. The molecule has 0 spiro atoms. The Morgan fingerprint density at radius 1 is 1.38 bits per heavy atom. The first-order chi connectivity index (χ1) is 11.4. The monoisotopic (exact) mass is 329 g/mol. The highest BCUT2D eigenvalue weighted by Gasteiger charge is 2.38. The van der Waals surface area contributed by atoms with Crippen molar-refractivity contribution in [1.82, 2.24) is 15.1 Å². The zero-order valence-electron chi connectivity index (χ0n) is 15.2. The highest BCUT2D eigenvalue weighted by molar-refractivity contribution is 5.46. The molecule has 24 heavy (non-hydrogen) atoms. The molecule has 0 amide bonds. The van der Waals surface area contributed by atoms with Crippen LogP contribution >= 0.6 is 0 Å². The quantitative estimate of drug-likeness (QED) is 0.884. The molecule has 0 fully saturated rings. The lowest BCUT2D eigenvalue weighted by atomic mass is 9.86. The summed E-state index contributed by atoms with van der Waals surface area (Å²) < 4.78 is 12.7. The number of hydrogen-bond acceptors (Lipinski definition) is 4. The zero-order chi connectivity index (χ0) is 17.3. The van der Waals surface area contributed by atoms with Crippen molar-refractivity contribution in [2.24, 2.45) is 7.05 Å². The van der Waals surface area contributed by atoms with E-state index in [-0.39, 0.29) is 11.5 Å². The molecule has 1 heterocycles. The second-order valence-electron chi connectivity index (χ2n) is 7.22. The summed E-state index contributed by atoms with van der Waals surface area (Å²) in [5, 5.41) is 8.07. The second-order valence-corrected chi connectivity index (χ2v) is 7.22. The van der Waals surface area contributed by atoms with Gasteiger partial charge in [-0.05, 0) is 35.1 Å². The van der Waals surface area contributed by atoms with E-state index < -0.39 is 0 Å². The van der Waals surface area contributed by atoms with Crippen molar-refractivity contribution in [3.05, 3.63) is 47.3 Å². The van der Waals surface area contributed by atoms with Crippen LogP contribution in [0.15, 0.2) is 30.6 Å². The van der Waals surface area contributed by atoms with E-state index in [1.165, 1.54) is 11.1 Å². The van der Waals surface area contributed by atoms with Gasteiger partial charge in [0, 0.05) is 32.0 Å². The molecule has 1 N–H and O–H groups in total. The molecular formula is C19H27N3O2. The van der Waals surface area contributed by atoms with Crippen LogP contribution in [0.1, 0.15) is 49.0 Å². The number of aryl methyl sites for hydroxylation is 1. The van der Waals surface area contributed by atoms with E-state index in [0.29, 0.717) is 12.6 Å². The summed E-state index contributed by atoms with van der Waals surface area (Å²) in [5.74, 6) is 0.920. The van der Waals surface area contributed by atoms with Gasteiger partial charge in [0.05, 0.1) is 26.0 Å². The summed E-state index contributed by atoms with van der Waals surface area (Å²) in [6.45, 7) is 5.21. The third-order valence-corrected chi connectivity index (χ3v) is 4.94. The van der Waals surface area contributed by atoms with Gasteiger partial charge < -0.3 is 14.8 Å². The standard InChI is InChI=1S/C19H27N3O2/c1-19(2)9-17(15-7-6-14(24-5)8-16(15)19)21-18(12-23-4)13-10-20-22(3)11-13/h6-8,10-11,17-18,21H,9,12H2,1-5H3. The Morgan fingerprint density at radius 2 is 2.17 bits per heavy atom. The Hall–Kier alpha value is -1.85. The maximum Gasteiger partial charge on any atom is 0.119 e. The van der Waals surface area contributed by atoms with Gasteiger partial charge in [-0.1, -0.05) is 19.9 Å². The SMILES string of the molecule is COCC(NC1CC(C)(C)c2cc(OC)ccc21)c1cnn(C)c1. The maximum atomic E-state index is 5.43. The van der Waals surface area contributed by atoms with Crippen LogP contribution in [0.25, 0.3) is 0 Å². The Balaban J connectivity index is 1.88. The van der Waals surface area contributed by atoms with E-state index >= 15 is 0 Å². The molecule has 2 aromatic rings. The van der Waals surface area contributed by atoms with Crippen LogP contribution in [0.5, 0.6) is 5.75 Å². The van der Waals surface area contributed by atoms with Crippen LogP contribution in [-0.2, 0) is 17.2 Å². The Bertz CT molecular complexity index is 708. The minimum atomic E-state index is 0.119. The van der Waals surface area contributed by atoms with Crippen LogP contribution in [0.2, 0.25) is 0 Å². The first-order valence-corrected chi connectivity index (χ1v) is 8.36. The lowest BCUT2D eigenvalue weighted by molar-refractivity contribution is 0.159. The van der Waals surface area contributed by atoms with Gasteiger partial charge in [0.25, 0.3) is 0 Å². The molecule has 0 aliphatic heterocycles. The van der Waals surface area contributed by atoms with Crippen molar-refractivity contribution in [2.75, 3.05) is 20.8 Å². The zero-order valence-corrected chi connectivity index (χ0v) is 15.2. The van der Waals surface area contributed by atoms with Gasteiger partial charge in [-0.25, -0.2) is 0 Å². The number of aromatic nitrogens is 2. The Labute approximate surface area is 144 Å². The van der Waals surface area contributed by atoms with Crippen molar-refractivity contribution in [3.63, 3.8) is 0 Å². The summed E-state index contributed by atoms with van der Waals surface area (Å²) in [6.07, 6.45) is 5.01. The van der Waals surface area contributed by atoms with Gasteiger partial charge in [0.2, 0.25) is 0 Å². The van der Waals surface area contributed by atoms with Gasteiger partial charge in [0.15, 0.2) is 0 Å². The number of nitrogens with zero attached hydrogens (tertiary/aromatic N) is 2. The molecule has 2 atom stereocenters. The van der Waals surface area contributed by atoms with Crippen LogP contribution in [0, 0.1) is 0 Å². The lowest BCUT2D eigenvalue weighted by Crippen LogP contribution is -2.29. The number of rotatable bonds is 6. The van der Waals surface area contributed by atoms with Gasteiger partial charge in [-0.3, -0.25) is 4.68 Å². The molecule has 1 aliphatic carbocycles. The second kappa shape index (κ2) is 6.57. The normalized spacial score (nSPS) is 20.0. The average Bonchev–Trinajstić information content (AvgIpc) is 3.08. The van der Waals surface area contributed by atoms with E-state index in [9.17, 15) is 0 Å². The molecule has 1 aromatic carbocycles. The molecule has 130 valence electrons. The largest absolute Gasteiger partial charge is 0.497 e. The van der Waals surface area contributed by atoms with E-state index in [0.717, 1.165) is 17.7 Å². The lowest BCUT2D eigenvalue weighted by Gasteiger charge is -2.24. The number of hydrogen-bond donors (Lipinski definition) is 1. The summed E-state index contributed by atoms with van der Waals surface area (Å²) in [4.78, 5) is 0. The molecule has 0 saturated carbocycles. The highest BCUT2D eigenvalue weighted by atomic mass is 16.5. The minimum Gasteiger partial charge on any atom is -0.497 e. The van der Waals surface area contributed by atoms with Gasteiger partial charge in [0.1, 0.15) is 5.75 Å². The van der Waals surface area contributed by atoms with E-state index in [2.05, 4.69) is 36.4 Å². The number of nitrogens with one attached hydrogen (secondary N) is 1. The number of methoxy groups -OCH3 is 2. The fourth-order valence-electron chi connectivity index (χ4n) is 3.70. The van der Waals surface area contributed by atoms with E-state index in [4.69, 9.17) is 9.47 Å². The van der Waals surface area contributed by atoms with Crippen molar-refractivity contribution in [3.8, 4) is 5.75 Å². The molecule has 5 heteroatoms. The smallest absolute Gasteiger partial charge is 0.119 e. The first kappa shape index (κ1) is 17.0. The van der Waals surface area contributed by atoms with Crippen LogP contribution in [-0.4, -0.2) is 30.6 Å².